The standard InChI is InChI=1S/C27H21N7O/c1-5-18-10-15(2)21(13-29-18)24-22-20-7-6-19(35-27-28-9-8-16(3)33-27)11-17(20)12-30-25-23(22)26(34(24)4)32-14-31-25/h1,6-11,13-14H,12H2,2-4H3,(H,30,31,32). The predicted octanol–water partition coefficient (Wildman–Crippen LogP) is 4.80. The van der Waals surface area contributed by atoms with Crippen molar-refractivity contribution >= 4 is 16.9 Å². The lowest BCUT2D eigenvalue weighted by atomic mass is 9.94. The number of nitrogens with zero attached hydrogens (tertiary/aromatic N) is 6. The molecule has 0 bridgehead atoms. The van der Waals surface area contributed by atoms with Crippen LogP contribution in [0.25, 0.3) is 33.4 Å². The summed E-state index contributed by atoms with van der Waals surface area (Å²) in [5.41, 5.74) is 8.53. The molecule has 170 valence electrons. The summed E-state index contributed by atoms with van der Waals surface area (Å²) < 4.78 is 8.06. The molecule has 8 heteroatoms. The lowest BCUT2D eigenvalue weighted by Crippen LogP contribution is -2.03. The Labute approximate surface area is 202 Å². The van der Waals surface area contributed by atoms with E-state index in [4.69, 9.17) is 11.2 Å². The zero-order valence-corrected chi connectivity index (χ0v) is 19.5. The molecule has 35 heavy (non-hydrogen) atoms. The van der Waals surface area contributed by atoms with Gasteiger partial charge < -0.3 is 14.6 Å². The van der Waals surface area contributed by atoms with Crippen LogP contribution in [0.4, 0.5) is 5.82 Å². The van der Waals surface area contributed by atoms with Gasteiger partial charge in [-0.1, -0.05) is 12.0 Å². The molecule has 0 unspecified atom stereocenters. The lowest BCUT2D eigenvalue weighted by Gasteiger charge is -2.14. The van der Waals surface area contributed by atoms with Crippen molar-refractivity contribution in [3.8, 4) is 46.5 Å². The number of aromatic nitrogens is 6. The highest BCUT2D eigenvalue weighted by Crippen LogP contribution is 2.46. The maximum absolute atomic E-state index is 5.97. The molecule has 0 fully saturated rings. The molecule has 5 aromatic rings. The molecule has 1 aliphatic heterocycles. The number of ether oxygens (including phenoxy) is 1. The van der Waals surface area contributed by atoms with E-state index < -0.39 is 0 Å². The fourth-order valence-corrected chi connectivity index (χ4v) is 4.63. The number of fused-ring (bicyclic) bond motifs is 2. The summed E-state index contributed by atoms with van der Waals surface area (Å²) in [7, 11) is 2.01. The van der Waals surface area contributed by atoms with Crippen LogP contribution in [0.3, 0.4) is 0 Å². The Morgan fingerprint density at radius 1 is 1.06 bits per heavy atom. The summed E-state index contributed by atoms with van der Waals surface area (Å²) in [6, 6.07) is 10.1. The summed E-state index contributed by atoms with van der Waals surface area (Å²) in [6.45, 7) is 4.53. The van der Waals surface area contributed by atoms with Crippen molar-refractivity contribution in [3.63, 3.8) is 0 Å². The van der Waals surface area contributed by atoms with Crippen LogP contribution in [0.2, 0.25) is 0 Å². The topological polar surface area (TPSA) is 90.6 Å². The summed E-state index contributed by atoms with van der Waals surface area (Å²) in [6.07, 6.45) is 10.7. The van der Waals surface area contributed by atoms with E-state index in [1.54, 1.807) is 12.5 Å². The van der Waals surface area contributed by atoms with Gasteiger partial charge in [0, 0.05) is 42.8 Å². The lowest BCUT2D eigenvalue weighted by molar-refractivity contribution is 0.440. The first-order chi connectivity index (χ1) is 17.0. The molecule has 4 aromatic heterocycles. The van der Waals surface area contributed by atoms with E-state index in [0.717, 1.165) is 56.1 Å². The maximum Gasteiger partial charge on any atom is 0.322 e. The van der Waals surface area contributed by atoms with Gasteiger partial charge in [0.1, 0.15) is 29.2 Å². The number of benzene rings is 1. The van der Waals surface area contributed by atoms with E-state index in [0.29, 0.717) is 24.0 Å². The van der Waals surface area contributed by atoms with Gasteiger partial charge in [-0.05, 0) is 54.8 Å². The molecule has 0 spiro atoms. The quantitative estimate of drug-likeness (QED) is 0.388. The van der Waals surface area contributed by atoms with Crippen molar-refractivity contribution < 1.29 is 4.74 Å². The van der Waals surface area contributed by atoms with Crippen molar-refractivity contribution in [2.75, 3.05) is 5.32 Å². The Morgan fingerprint density at radius 3 is 2.74 bits per heavy atom. The number of hydrogen-bond acceptors (Lipinski definition) is 7. The monoisotopic (exact) mass is 459 g/mol. The molecule has 6 rings (SSSR count). The SMILES string of the molecule is C#Cc1cc(C)c(-c2c3c4c(ncnc4n2C)NCc2cc(Oc4nccc(C)n4)ccc2-3)cn1. The van der Waals surface area contributed by atoms with Gasteiger partial charge in [0.05, 0.1) is 11.1 Å². The number of hydrogen-bond donors (Lipinski definition) is 1. The maximum atomic E-state index is 5.97. The summed E-state index contributed by atoms with van der Waals surface area (Å²) in [5.74, 6) is 4.07. The first-order valence-electron chi connectivity index (χ1n) is 11.1. The summed E-state index contributed by atoms with van der Waals surface area (Å²) in [4.78, 5) is 22.2. The van der Waals surface area contributed by atoms with Crippen LogP contribution in [0.1, 0.15) is 22.5 Å². The van der Waals surface area contributed by atoms with Gasteiger partial charge in [-0.3, -0.25) is 0 Å². The third-order valence-corrected chi connectivity index (χ3v) is 6.26. The third-order valence-electron chi connectivity index (χ3n) is 6.26. The molecule has 1 aliphatic rings. The number of nitrogens with one attached hydrogen (secondary N) is 1. The van der Waals surface area contributed by atoms with Gasteiger partial charge in [-0.2, -0.15) is 0 Å². The first-order valence-corrected chi connectivity index (χ1v) is 11.1. The van der Waals surface area contributed by atoms with E-state index in [2.05, 4.69) is 46.8 Å². The zero-order chi connectivity index (χ0) is 24.1. The van der Waals surface area contributed by atoms with Crippen LogP contribution in [-0.2, 0) is 13.6 Å². The number of rotatable bonds is 3. The molecular formula is C27H21N7O. The molecule has 5 heterocycles. The van der Waals surface area contributed by atoms with Crippen LogP contribution in [0.5, 0.6) is 11.8 Å². The minimum absolute atomic E-state index is 0.318. The molecule has 0 radical (unpaired) electrons. The second-order valence-corrected chi connectivity index (χ2v) is 8.49. The zero-order valence-electron chi connectivity index (χ0n) is 19.5. The summed E-state index contributed by atoms with van der Waals surface area (Å²) in [5, 5.41) is 4.45. The molecule has 1 N–H and O–H groups in total. The fraction of sp³-hybridized carbons (Fsp3) is 0.148. The number of terminal acetylenes is 1. The van der Waals surface area contributed by atoms with Crippen molar-refractivity contribution in [2.24, 2.45) is 7.05 Å². The van der Waals surface area contributed by atoms with Crippen molar-refractivity contribution in [1.82, 2.24) is 29.5 Å². The van der Waals surface area contributed by atoms with E-state index in [9.17, 15) is 0 Å². The van der Waals surface area contributed by atoms with Gasteiger partial charge >= 0.3 is 6.01 Å². The largest absolute Gasteiger partial charge is 0.424 e. The molecule has 0 saturated carbocycles. The second kappa shape index (κ2) is 7.92. The van der Waals surface area contributed by atoms with Gasteiger partial charge in [-0.25, -0.2) is 24.9 Å². The van der Waals surface area contributed by atoms with Gasteiger partial charge in [0.2, 0.25) is 0 Å². The van der Waals surface area contributed by atoms with Gasteiger partial charge in [0.25, 0.3) is 0 Å². The van der Waals surface area contributed by atoms with Crippen LogP contribution >= 0.6 is 0 Å². The molecule has 1 aromatic carbocycles. The second-order valence-electron chi connectivity index (χ2n) is 8.49. The minimum atomic E-state index is 0.318. The van der Waals surface area contributed by atoms with Gasteiger partial charge in [-0.15, -0.1) is 6.42 Å². The fourth-order valence-electron chi connectivity index (χ4n) is 4.63. The smallest absolute Gasteiger partial charge is 0.322 e. The van der Waals surface area contributed by atoms with Crippen LogP contribution < -0.4 is 10.1 Å². The minimum Gasteiger partial charge on any atom is -0.424 e. The van der Waals surface area contributed by atoms with Crippen molar-refractivity contribution in [3.05, 3.63) is 71.6 Å². The van der Waals surface area contributed by atoms with E-state index in [-0.39, 0.29) is 0 Å². The van der Waals surface area contributed by atoms with Crippen molar-refractivity contribution in [1.29, 1.82) is 0 Å². The van der Waals surface area contributed by atoms with Crippen LogP contribution in [0.15, 0.2) is 49.1 Å². The Bertz CT molecular complexity index is 1680. The Balaban J connectivity index is 1.57. The average Bonchev–Trinajstić information content (AvgIpc) is 3.04. The van der Waals surface area contributed by atoms with Crippen LogP contribution in [-0.4, -0.2) is 29.5 Å². The Kier molecular flexibility index (Phi) is 4.71. The van der Waals surface area contributed by atoms with Gasteiger partial charge in [0.15, 0.2) is 0 Å². The highest BCUT2D eigenvalue weighted by Gasteiger charge is 2.27. The molecule has 8 nitrogen and oxygen atoms in total. The number of pyridine rings is 1. The van der Waals surface area contributed by atoms with E-state index in [1.807, 2.05) is 51.4 Å². The number of aryl methyl sites for hydroxylation is 3. The molecule has 0 atom stereocenters. The molecule has 0 saturated heterocycles. The third kappa shape index (κ3) is 3.37. The highest BCUT2D eigenvalue weighted by molar-refractivity contribution is 6.09. The molecular weight excluding hydrogens is 438 g/mol. The predicted molar refractivity (Wildman–Crippen MR) is 134 cm³/mol. The normalized spacial score (nSPS) is 11.9. The molecule has 0 aliphatic carbocycles. The van der Waals surface area contributed by atoms with Crippen molar-refractivity contribution in [2.45, 2.75) is 20.4 Å². The molecule has 0 amide bonds. The van der Waals surface area contributed by atoms with E-state index in [1.165, 1.54) is 0 Å². The average molecular weight is 460 g/mol. The first kappa shape index (κ1) is 20.8. The summed E-state index contributed by atoms with van der Waals surface area (Å²) >= 11 is 0. The highest BCUT2D eigenvalue weighted by atomic mass is 16.5. The van der Waals surface area contributed by atoms with E-state index >= 15 is 0 Å². The Morgan fingerprint density at radius 2 is 1.94 bits per heavy atom. The van der Waals surface area contributed by atoms with Crippen LogP contribution in [0, 0.1) is 26.2 Å². The Hall–Kier alpha value is -4.77. The number of anilines is 1.